The Hall–Kier alpha value is -0.560. The molecule has 0 aromatic carbocycles. The molecule has 0 bridgehead atoms. The average Bonchev–Trinajstić information content (AvgIpc) is 1.95. The Bertz CT molecular complexity index is 212. The maximum absolute atomic E-state index is 3.47. The van der Waals surface area contributed by atoms with Crippen molar-refractivity contribution in [1.82, 2.24) is 5.32 Å². The molecule has 0 radical (unpaired) electrons. The van der Waals surface area contributed by atoms with E-state index in [0.717, 1.165) is 13.0 Å². The number of rotatable bonds is 4. The maximum Gasteiger partial charge on any atom is 0.00966 e. The fourth-order valence-corrected chi connectivity index (χ4v) is 1.26. The summed E-state index contributed by atoms with van der Waals surface area (Å²) in [4.78, 5) is 0. The first-order valence-corrected chi connectivity index (χ1v) is 5.38. The van der Waals surface area contributed by atoms with Gasteiger partial charge in [-0.1, -0.05) is 23.3 Å². The molecule has 0 heterocycles. The largest absolute Gasteiger partial charge is 0.312 e. The van der Waals surface area contributed by atoms with Crippen LogP contribution in [0.5, 0.6) is 0 Å². The summed E-state index contributed by atoms with van der Waals surface area (Å²) in [5.74, 6) is 0. The molecule has 0 aliphatic heterocycles. The number of hydrogen-bond acceptors (Lipinski definition) is 1. The number of hydrogen-bond donors (Lipinski definition) is 1. The lowest BCUT2D eigenvalue weighted by molar-refractivity contribution is 0.431. The van der Waals surface area contributed by atoms with E-state index in [-0.39, 0.29) is 5.54 Å². The molecule has 0 aromatic rings. The zero-order chi connectivity index (χ0) is 11.2. The van der Waals surface area contributed by atoms with E-state index in [9.17, 15) is 0 Å². The van der Waals surface area contributed by atoms with Crippen LogP contribution < -0.4 is 5.32 Å². The first kappa shape index (κ1) is 13.4. The van der Waals surface area contributed by atoms with Crippen molar-refractivity contribution in [2.45, 2.75) is 53.5 Å². The van der Waals surface area contributed by atoms with Crippen molar-refractivity contribution in [2.75, 3.05) is 6.54 Å². The highest BCUT2D eigenvalue weighted by molar-refractivity contribution is 5.19. The molecule has 0 aromatic heterocycles. The van der Waals surface area contributed by atoms with Crippen LogP contribution in [0.2, 0.25) is 0 Å². The molecule has 0 fully saturated rings. The third-order valence-corrected chi connectivity index (χ3v) is 1.78. The molecule has 0 amide bonds. The van der Waals surface area contributed by atoms with Gasteiger partial charge in [-0.2, -0.15) is 0 Å². The standard InChI is InChI=1S/C13H25N/c1-11(2)10-12(3)8-7-9-14-13(4,5)6/h8,10,14H,7,9H2,1-6H3. The van der Waals surface area contributed by atoms with Crippen molar-refractivity contribution in [3.05, 3.63) is 23.3 Å². The van der Waals surface area contributed by atoms with Crippen molar-refractivity contribution >= 4 is 0 Å². The van der Waals surface area contributed by atoms with E-state index < -0.39 is 0 Å². The lowest BCUT2D eigenvalue weighted by Gasteiger charge is -2.19. The second-order valence-corrected chi connectivity index (χ2v) is 5.14. The summed E-state index contributed by atoms with van der Waals surface area (Å²) in [7, 11) is 0. The fourth-order valence-electron chi connectivity index (χ4n) is 1.26. The summed E-state index contributed by atoms with van der Waals surface area (Å²) in [6.45, 7) is 14.1. The van der Waals surface area contributed by atoms with Gasteiger partial charge in [0.2, 0.25) is 0 Å². The predicted molar refractivity (Wildman–Crippen MR) is 65.6 cm³/mol. The van der Waals surface area contributed by atoms with Crippen LogP contribution in [0, 0.1) is 0 Å². The van der Waals surface area contributed by atoms with Gasteiger partial charge in [-0.15, -0.1) is 0 Å². The minimum Gasteiger partial charge on any atom is -0.312 e. The zero-order valence-electron chi connectivity index (χ0n) is 10.6. The number of nitrogens with one attached hydrogen (secondary N) is 1. The van der Waals surface area contributed by atoms with Crippen LogP contribution >= 0.6 is 0 Å². The van der Waals surface area contributed by atoms with E-state index in [1.165, 1.54) is 11.1 Å². The van der Waals surface area contributed by atoms with Gasteiger partial charge in [0.1, 0.15) is 0 Å². The molecule has 0 aliphatic rings. The molecule has 0 rings (SSSR count). The summed E-state index contributed by atoms with van der Waals surface area (Å²) in [5, 5.41) is 3.47. The van der Waals surface area contributed by atoms with Gasteiger partial charge in [0, 0.05) is 5.54 Å². The first-order chi connectivity index (χ1) is 6.31. The summed E-state index contributed by atoms with van der Waals surface area (Å²) < 4.78 is 0. The van der Waals surface area contributed by atoms with Crippen LogP contribution in [0.4, 0.5) is 0 Å². The minimum absolute atomic E-state index is 0.234. The molecular weight excluding hydrogens is 170 g/mol. The fraction of sp³-hybridized carbons (Fsp3) is 0.692. The Balaban J connectivity index is 3.78. The second-order valence-electron chi connectivity index (χ2n) is 5.14. The highest BCUT2D eigenvalue weighted by atomic mass is 14.9. The average molecular weight is 195 g/mol. The van der Waals surface area contributed by atoms with E-state index in [1.807, 2.05) is 0 Å². The molecule has 14 heavy (non-hydrogen) atoms. The van der Waals surface area contributed by atoms with Crippen molar-refractivity contribution in [2.24, 2.45) is 0 Å². The van der Waals surface area contributed by atoms with Crippen LogP contribution in [-0.4, -0.2) is 12.1 Å². The van der Waals surface area contributed by atoms with Gasteiger partial charge in [0.25, 0.3) is 0 Å². The van der Waals surface area contributed by atoms with Gasteiger partial charge in [-0.05, 0) is 54.5 Å². The second kappa shape index (κ2) is 6.02. The van der Waals surface area contributed by atoms with Gasteiger partial charge in [0.15, 0.2) is 0 Å². The monoisotopic (exact) mass is 195 g/mol. The molecule has 0 spiro atoms. The van der Waals surface area contributed by atoms with Crippen molar-refractivity contribution in [1.29, 1.82) is 0 Å². The Morgan fingerprint density at radius 3 is 2.14 bits per heavy atom. The summed E-state index contributed by atoms with van der Waals surface area (Å²) >= 11 is 0. The molecule has 1 N–H and O–H groups in total. The van der Waals surface area contributed by atoms with E-state index in [4.69, 9.17) is 0 Å². The molecular formula is C13H25N. The highest BCUT2D eigenvalue weighted by Gasteiger charge is 2.06. The van der Waals surface area contributed by atoms with E-state index in [2.05, 4.69) is 59.0 Å². The molecule has 0 aliphatic carbocycles. The summed E-state index contributed by atoms with van der Waals surface area (Å²) in [6.07, 6.45) is 5.61. The van der Waals surface area contributed by atoms with Crippen LogP contribution in [0.3, 0.4) is 0 Å². The van der Waals surface area contributed by atoms with Crippen LogP contribution in [0.15, 0.2) is 23.3 Å². The van der Waals surface area contributed by atoms with Crippen LogP contribution in [0.1, 0.15) is 48.0 Å². The van der Waals surface area contributed by atoms with Crippen molar-refractivity contribution < 1.29 is 0 Å². The summed E-state index contributed by atoms with van der Waals surface area (Å²) in [6, 6.07) is 0. The third kappa shape index (κ3) is 9.53. The Morgan fingerprint density at radius 2 is 1.71 bits per heavy atom. The number of allylic oxidation sites excluding steroid dienone is 3. The van der Waals surface area contributed by atoms with Gasteiger partial charge < -0.3 is 5.32 Å². The van der Waals surface area contributed by atoms with E-state index >= 15 is 0 Å². The SMILES string of the molecule is CC(C)=CC(C)=CCCNC(C)(C)C. The Morgan fingerprint density at radius 1 is 1.14 bits per heavy atom. The van der Waals surface area contributed by atoms with Crippen molar-refractivity contribution in [3.8, 4) is 0 Å². The predicted octanol–water partition coefficient (Wildman–Crippen LogP) is 3.68. The third-order valence-electron chi connectivity index (χ3n) is 1.78. The summed E-state index contributed by atoms with van der Waals surface area (Å²) in [5.41, 5.74) is 2.96. The van der Waals surface area contributed by atoms with Crippen molar-refractivity contribution in [3.63, 3.8) is 0 Å². The highest BCUT2D eigenvalue weighted by Crippen LogP contribution is 2.03. The van der Waals surface area contributed by atoms with E-state index in [1.54, 1.807) is 0 Å². The van der Waals surface area contributed by atoms with E-state index in [0.29, 0.717) is 0 Å². The molecule has 0 saturated heterocycles. The topological polar surface area (TPSA) is 12.0 Å². The van der Waals surface area contributed by atoms with Gasteiger partial charge >= 0.3 is 0 Å². The lowest BCUT2D eigenvalue weighted by Crippen LogP contribution is -2.36. The molecule has 82 valence electrons. The molecule has 0 atom stereocenters. The normalized spacial score (nSPS) is 12.9. The smallest absolute Gasteiger partial charge is 0.00966 e. The quantitative estimate of drug-likeness (QED) is 0.533. The lowest BCUT2D eigenvalue weighted by atomic mass is 10.1. The maximum atomic E-state index is 3.47. The van der Waals surface area contributed by atoms with Crippen LogP contribution in [-0.2, 0) is 0 Å². The Kier molecular flexibility index (Phi) is 5.78. The molecule has 0 saturated carbocycles. The molecule has 1 heteroatoms. The minimum atomic E-state index is 0.234. The van der Waals surface area contributed by atoms with Gasteiger partial charge in [0.05, 0.1) is 0 Å². The zero-order valence-corrected chi connectivity index (χ0v) is 10.6. The van der Waals surface area contributed by atoms with Gasteiger partial charge in [-0.3, -0.25) is 0 Å². The molecule has 1 nitrogen and oxygen atoms in total. The van der Waals surface area contributed by atoms with Gasteiger partial charge in [-0.25, -0.2) is 0 Å². The molecule has 0 unspecified atom stereocenters. The first-order valence-electron chi connectivity index (χ1n) is 5.38. The Labute approximate surface area is 89.3 Å². The van der Waals surface area contributed by atoms with Crippen LogP contribution in [0.25, 0.3) is 0 Å².